The lowest BCUT2D eigenvalue weighted by Gasteiger charge is -2.20. The molecule has 0 aromatic carbocycles. The summed E-state index contributed by atoms with van der Waals surface area (Å²) < 4.78 is 16.7. The van der Waals surface area contributed by atoms with Crippen molar-refractivity contribution in [3.63, 3.8) is 0 Å². The molecule has 5 nitrogen and oxygen atoms in total. The van der Waals surface area contributed by atoms with Crippen LogP contribution in [0.4, 0.5) is 0 Å². The van der Waals surface area contributed by atoms with Crippen molar-refractivity contribution >= 4 is 5.97 Å². The first kappa shape index (κ1) is 14.1. The molecule has 106 valence electrons. The third kappa shape index (κ3) is 3.58. The van der Waals surface area contributed by atoms with Crippen LogP contribution >= 0.6 is 0 Å². The maximum absolute atomic E-state index is 11.1. The van der Waals surface area contributed by atoms with E-state index in [2.05, 4.69) is 0 Å². The Morgan fingerprint density at radius 1 is 1.58 bits per heavy atom. The summed E-state index contributed by atoms with van der Waals surface area (Å²) >= 11 is 0. The molecule has 2 atom stereocenters. The normalized spacial score (nSPS) is 29.6. The van der Waals surface area contributed by atoms with E-state index < -0.39 is 11.8 Å². The van der Waals surface area contributed by atoms with Gasteiger partial charge in [-0.1, -0.05) is 6.92 Å². The van der Waals surface area contributed by atoms with Gasteiger partial charge in [-0.2, -0.15) is 0 Å². The van der Waals surface area contributed by atoms with E-state index >= 15 is 0 Å². The molecule has 1 unspecified atom stereocenters. The highest BCUT2D eigenvalue weighted by atomic mass is 16.7. The molecule has 0 aromatic rings. The first-order valence-corrected chi connectivity index (χ1v) is 6.47. The highest BCUT2D eigenvalue weighted by Gasteiger charge is 2.33. The zero-order valence-corrected chi connectivity index (χ0v) is 11.5. The minimum Gasteiger partial charge on any atom is -0.491 e. The molecule has 0 saturated carbocycles. The van der Waals surface area contributed by atoms with Gasteiger partial charge in [0.2, 0.25) is 0 Å². The van der Waals surface area contributed by atoms with Crippen molar-refractivity contribution < 1.29 is 24.1 Å². The van der Waals surface area contributed by atoms with E-state index in [1.807, 2.05) is 26.8 Å². The molecule has 2 rings (SSSR count). The monoisotopic (exact) mass is 268 g/mol. The number of carboxylic acid groups (broad SMARTS) is 1. The number of carboxylic acids is 1. The van der Waals surface area contributed by atoms with Gasteiger partial charge >= 0.3 is 5.97 Å². The minimum atomic E-state index is -0.886. The Kier molecular flexibility index (Phi) is 3.96. The minimum absolute atomic E-state index is 0.0230. The lowest BCUT2D eigenvalue weighted by Crippen LogP contribution is -2.24. The molecule has 1 N–H and O–H groups in total. The summed E-state index contributed by atoms with van der Waals surface area (Å²) in [5.74, 6) is -0.826. The quantitative estimate of drug-likeness (QED) is 0.845. The molecule has 1 heterocycles. The zero-order valence-electron chi connectivity index (χ0n) is 11.5. The molecule has 0 radical (unpaired) electrons. The fraction of sp³-hybridized carbons (Fsp3) is 0.643. The van der Waals surface area contributed by atoms with Crippen molar-refractivity contribution in [2.45, 2.75) is 39.1 Å². The van der Waals surface area contributed by atoms with Gasteiger partial charge in [0.25, 0.3) is 0 Å². The summed E-state index contributed by atoms with van der Waals surface area (Å²) in [7, 11) is 0. The molecular formula is C14H20O5. The largest absolute Gasteiger partial charge is 0.491 e. The van der Waals surface area contributed by atoms with Crippen LogP contribution < -0.4 is 0 Å². The van der Waals surface area contributed by atoms with Crippen LogP contribution in [0.2, 0.25) is 0 Å². The SMILES string of the molecule is CC1CC=C(OC[C@@H]2COC(C)(C)O2)C=C1C(=O)O. The van der Waals surface area contributed by atoms with E-state index in [1.165, 1.54) is 0 Å². The Hall–Kier alpha value is -1.33. The third-order valence-electron chi connectivity index (χ3n) is 3.25. The Bertz CT molecular complexity index is 422. The van der Waals surface area contributed by atoms with Gasteiger partial charge in [0.05, 0.1) is 6.61 Å². The van der Waals surface area contributed by atoms with E-state index in [-0.39, 0.29) is 12.0 Å². The van der Waals surface area contributed by atoms with Gasteiger partial charge < -0.3 is 19.3 Å². The van der Waals surface area contributed by atoms with Crippen molar-refractivity contribution in [1.82, 2.24) is 0 Å². The molecular weight excluding hydrogens is 248 g/mol. The van der Waals surface area contributed by atoms with E-state index in [9.17, 15) is 4.79 Å². The van der Waals surface area contributed by atoms with Gasteiger partial charge in [-0.15, -0.1) is 0 Å². The van der Waals surface area contributed by atoms with Crippen LogP contribution in [0.25, 0.3) is 0 Å². The third-order valence-corrected chi connectivity index (χ3v) is 3.25. The van der Waals surface area contributed by atoms with Crippen molar-refractivity contribution in [2.75, 3.05) is 13.2 Å². The van der Waals surface area contributed by atoms with Crippen molar-refractivity contribution in [2.24, 2.45) is 5.92 Å². The van der Waals surface area contributed by atoms with Gasteiger partial charge in [0.1, 0.15) is 18.5 Å². The van der Waals surface area contributed by atoms with Crippen molar-refractivity contribution in [1.29, 1.82) is 0 Å². The summed E-state index contributed by atoms with van der Waals surface area (Å²) in [4.78, 5) is 11.1. The van der Waals surface area contributed by atoms with Gasteiger partial charge in [0, 0.05) is 5.57 Å². The molecule has 0 spiro atoms. The zero-order chi connectivity index (χ0) is 14.0. The Morgan fingerprint density at radius 3 is 2.89 bits per heavy atom. The smallest absolute Gasteiger partial charge is 0.331 e. The van der Waals surface area contributed by atoms with Crippen LogP contribution in [0.3, 0.4) is 0 Å². The second kappa shape index (κ2) is 5.35. The average Bonchev–Trinajstić information content (AvgIpc) is 2.67. The maximum atomic E-state index is 11.1. The molecule has 2 aliphatic rings. The lowest BCUT2D eigenvalue weighted by atomic mass is 9.93. The van der Waals surface area contributed by atoms with Gasteiger partial charge in [-0.05, 0) is 38.3 Å². The summed E-state index contributed by atoms with van der Waals surface area (Å²) in [5.41, 5.74) is 0.390. The van der Waals surface area contributed by atoms with Gasteiger partial charge in [-0.3, -0.25) is 0 Å². The van der Waals surface area contributed by atoms with E-state index in [4.69, 9.17) is 19.3 Å². The first-order valence-electron chi connectivity index (χ1n) is 6.47. The number of rotatable bonds is 4. The number of hydrogen-bond acceptors (Lipinski definition) is 4. The standard InChI is InChI=1S/C14H20O5/c1-9-4-5-10(6-12(9)13(15)16)17-7-11-8-18-14(2,3)19-11/h5-6,9,11H,4,7-8H2,1-3H3,(H,15,16)/t9?,11-/m1/s1. The van der Waals surface area contributed by atoms with Crippen molar-refractivity contribution in [3.8, 4) is 0 Å². The molecule has 0 aromatic heterocycles. The van der Waals surface area contributed by atoms with Crippen LogP contribution in [-0.4, -0.2) is 36.2 Å². The highest BCUT2D eigenvalue weighted by Crippen LogP contribution is 2.26. The molecule has 1 aliphatic carbocycles. The summed E-state index contributed by atoms with van der Waals surface area (Å²) in [5, 5.41) is 9.08. The lowest BCUT2D eigenvalue weighted by molar-refractivity contribution is -0.143. The molecule has 0 bridgehead atoms. The van der Waals surface area contributed by atoms with Gasteiger partial charge in [-0.25, -0.2) is 4.79 Å². The maximum Gasteiger partial charge on any atom is 0.331 e. The van der Waals surface area contributed by atoms with E-state index in [1.54, 1.807) is 6.08 Å². The number of aliphatic carboxylic acids is 1. The fourth-order valence-corrected chi connectivity index (χ4v) is 2.18. The number of carbonyl (C=O) groups is 1. The van der Waals surface area contributed by atoms with E-state index in [0.29, 0.717) is 31.0 Å². The molecule has 1 fully saturated rings. The topological polar surface area (TPSA) is 65.0 Å². The Balaban J connectivity index is 1.89. The molecule has 19 heavy (non-hydrogen) atoms. The summed E-state index contributed by atoms with van der Waals surface area (Å²) in [6, 6.07) is 0. The number of hydrogen-bond donors (Lipinski definition) is 1. The predicted molar refractivity (Wildman–Crippen MR) is 68.4 cm³/mol. The first-order chi connectivity index (χ1) is 8.87. The molecule has 5 heteroatoms. The highest BCUT2D eigenvalue weighted by molar-refractivity contribution is 5.88. The van der Waals surface area contributed by atoms with E-state index in [0.717, 1.165) is 0 Å². The van der Waals surface area contributed by atoms with Crippen LogP contribution in [0, 0.1) is 5.92 Å². The fourth-order valence-electron chi connectivity index (χ4n) is 2.18. The number of allylic oxidation sites excluding steroid dienone is 2. The molecule has 1 saturated heterocycles. The van der Waals surface area contributed by atoms with Gasteiger partial charge in [0.15, 0.2) is 5.79 Å². The van der Waals surface area contributed by atoms with Crippen LogP contribution in [0.1, 0.15) is 27.2 Å². The summed E-state index contributed by atoms with van der Waals surface area (Å²) in [6.45, 7) is 6.47. The predicted octanol–water partition coefficient (Wildman–Crippen LogP) is 2.09. The molecule has 1 aliphatic heterocycles. The van der Waals surface area contributed by atoms with Crippen LogP contribution in [0.5, 0.6) is 0 Å². The van der Waals surface area contributed by atoms with Crippen LogP contribution in [0.15, 0.2) is 23.5 Å². The average molecular weight is 268 g/mol. The number of ether oxygens (including phenoxy) is 3. The second-order valence-electron chi connectivity index (χ2n) is 5.41. The Morgan fingerprint density at radius 2 is 2.32 bits per heavy atom. The van der Waals surface area contributed by atoms with Crippen LogP contribution in [-0.2, 0) is 19.0 Å². The Labute approximate surface area is 112 Å². The second-order valence-corrected chi connectivity index (χ2v) is 5.41. The molecule has 0 amide bonds. The van der Waals surface area contributed by atoms with Crippen molar-refractivity contribution in [3.05, 3.63) is 23.5 Å². The summed E-state index contributed by atoms with van der Waals surface area (Å²) in [6.07, 6.45) is 4.08.